The fraction of sp³-hybridized carbons (Fsp3) is 0.471. The maximum atomic E-state index is 4.94. The first kappa shape index (κ1) is 11.7. The van der Waals surface area contributed by atoms with Crippen LogP contribution in [0.1, 0.15) is 30.9 Å². The standard InChI is InChI=1S/C17H21N/c1-11-5-4-6-12(2)17(11)18-13(3)16-10-14-7-8-15(16)9-14/h4-8,14-16H,9-10H2,1-3H3/t14-,15+,16?/m0/s1. The van der Waals surface area contributed by atoms with Crippen LogP contribution in [0.4, 0.5) is 5.69 Å². The zero-order valence-corrected chi connectivity index (χ0v) is 11.5. The van der Waals surface area contributed by atoms with E-state index in [0.717, 1.165) is 11.8 Å². The molecule has 1 aromatic carbocycles. The van der Waals surface area contributed by atoms with Crippen LogP contribution in [0.25, 0.3) is 0 Å². The van der Waals surface area contributed by atoms with E-state index in [4.69, 9.17) is 4.99 Å². The smallest absolute Gasteiger partial charge is 0.0687 e. The Labute approximate surface area is 110 Å². The van der Waals surface area contributed by atoms with Gasteiger partial charge in [0, 0.05) is 11.6 Å². The lowest BCUT2D eigenvalue weighted by Crippen LogP contribution is -2.16. The number of benzene rings is 1. The van der Waals surface area contributed by atoms with Gasteiger partial charge in [0.25, 0.3) is 0 Å². The molecule has 1 nitrogen and oxygen atoms in total. The molecular formula is C17H21N. The van der Waals surface area contributed by atoms with Crippen LogP contribution < -0.4 is 0 Å². The maximum absolute atomic E-state index is 4.94. The Bertz CT molecular complexity index is 504. The average Bonchev–Trinajstić information content (AvgIpc) is 2.96. The second kappa shape index (κ2) is 4.38. The van der Waals surface area contributed by atoms with Crippen LogP contribution in [0.3, 0.4) is 0 Å². The first-order valence-electron chi connectivity index (χ1n) is 6.95. The summed E-state index contributed by atoms with van der Waals surface area (Å²) in [6.45, 7) is 6.52. The third-order valence-electron chi connectivity index (χ3n) is 4.54. The molecule has 2 aliphatic rings. The number of hydrogen-bond acceptors (Lipinski definition) is 1. The first-order valence-corrected chi connectivity index (χ1v) is 6.95. The summed E-state index contributed by atoms with van der Waals surface area (Å²) in [5.74, 6) is 2.25. The summed E-state index contributed by atoms with van der Waals surface area (Å²) >= 11 is 0. The summed E-state index contributed by atoms with van der Waals surface area (Å²) in [6, 6.07) is 6.42. The van der Waals surface area contributed by atoms with Gasteiger partial charge >= 0.3 is 0 Å². The van der Waals surface area contributed by atoms with Gasteiger partial charge in [-0.3, -0.25) is 4.99 Å². The van der Waals surface area contributed by atoms with E-state index in [2.05, 4.69) is 51.1 Å². The lowest BCUT2D eigenvalue weighted by atomic mass is 9.89. The highest BCUT2D eigenvalue weighted by atomic mass is 14.8. The van der Waals surface area contributed by atoms with E-state index in [1.54, 1.807) is 0 Å². The van der Waals surface area contributed by atoms with Crippen LogP contribution in [0.15, 0.2) is 35.3 Å². The van der Waals surface area contributed by atoms with Gasteiger partial charge in [0.1, 0.15) is 0 Å². The summed E-state index contributed by atoms with van der Waals surface area (Å²) < 4.78 is 0. The molecule has 0 spiro atoms. The van der Waals surface area contributed by atoms with Crippen molar-refractivity contribution in [3.63, 3.8) is 0 Å². The molecule has 0 radical (unpaired) electrons. The molecule has 0 saturated heterocycles. The largest absolute Gasteiger partial charge is 0.257 e. The van der Waals surface area contributed by atoms with E-state index in [0.29, 0.717) is 5.92 Å². The minimum absolute atomic E-state index is 0.680. The molecule has 2 bridgehead atoms. The third-order valence-corrected chi connectivity index (χ3v) is 4.54. The van der Waals surface area contributed by atoms with Gasteiger partial charge in [-0.2, -0.15) is 0 Å². The van der Waals surface area contributed by atoms with Crippen molar-refractivity contribution in [3.05, 3.63) is 41.5 Å². The molecule has 0 aromatic heterocycles. The summed E-state index contributed by atoms with van der Waals surface area (Å²) in [7, 11) is 0. The molecule has 18 heavy (non-hydrogen) atoms. The van der Waals surface area contributed by atoms with Gasteiger partial charge in [-0.1, -0.05) is 30.4 Å². The summed E-state index contributed by atoms with van der Waals surface area (Å²) in [4.78, 5) is 4.94. The van der Waals surface area contributed by atoms with Crippen LogP contribution in [0.5, 0.6) is 0 Å². The number of hydrogen-bond donors (Lipinski definition) is 0. The molecule has 1 heteroatoms. The van der Waals surface area contributed by atoms with E-state index in [1.165, 1.54) is 35.4 Å². The highest BCUT2D eigenvalue weighted by Gasteiger charge is 2.37. The number of aryl methyl sites for hydroxylation is 2. The van der Waals surface area contributed by atoms with Crippen molar-refractivity contribution < 1.29 is 0 Å². The topological polar surface area (TPSA) is 12.4 Å². The van der Waals surface area contributed by atoms with Gasteiger partial charge < -0.3 is 0 Å². The molecule has 1 unspecified atom stereocenters. The summed E-state index contributed by atoms with van der Waals surface area (Å²) in [5, 5.41) is 0. The fourth-order valence-corrected chi connectivity index (χ4v) is 3.50. The molecule has 0 aliphatic heterocycles. The number of rotatable bonds is 2. The van der Waals surface area contributed by atoms with Gasteiger partial charge in [0.15, 0.2) is 0 Å². The number of fused-ring (bicyclic) bond motifs is 2. The van der Waals surface area contributed by atoms with E-state index in [9.17, 15) is 0 Å². The minimum Gasteiger partial charge on any atom is -0.257 e. The molecule has 0 N–H and O–H groups in total. The van der Waals surface area contributed by atoms with Gasteiger partial charge in [0.05, 0.1) is 5.69 Å². The van der Waals surface area contributed by atoms with Crippen molar-refractivity contribution in [1.29, 1.82) is 0 Å². The van der Waals surface area contributed by atoms with Gasteiger partial charge in [0.2, 0.25) is 0 Å². The minimum atomic E-state index is 0.680. The molecule has 3 atom stereocenters. The summed E-state index contributed by atoms with van der Waals surface area (Å²) in [5.41, 5.74) is 5.08. The van der Waals surface area contributed by atoms with Gasteiger partial charge in [-0.05, 0) is 56.6 Å². The Hall–Kier alpha value is -1.37. The zero-order chi connectivity index (χ0) is 12.7. The first-order chi connectivity index (χ1) is 8.65. The van der Waals surface area contributed by atoms with E-state index in [-0.39, 0.29) is 0 Å². The van der Waals surface area contributed by atoms with Crippen LogP contribution in [-0.2, 0) is 0 Å². The second-order valence-electron chi connectivity index (χ2n) is 5.88. The molecule has 1 aromatic rings. The predicted molar refractivity (Wildman–Crippen MR) is 77.5 cm³/mol. The Balaban J connectivity index is 1.90. The van der Waals surface area contributed by atoms with Crippen molar-refractivity contribution in [2.45, 2.75) is 33.6 Å². The number of para-hydroxylation sites is 1. The molecule has 0 heterocycles. The lowest BCUT2D eigenvalue weighted by molar-refractivity contribution is 0.582. The van der Waals surface area contributed by atoms with Gasteiger partial charge in [-0.15, -0.1) is 0 Å². The molecule has 3 rings (SSSR count). The maximum Gasteiger partial charge on any atom is 0.0687 e. The highest BCUT2D eigenvalue weighted by molar-refractivity contribution is 5.88. The quantitative estimate of drug-likeness (QED) is 0.528. The molecule has 0 amide bonds. The fourth-order valence-electron chi connectivity index (χ4n) is 3.50. The van der Waals surface area contributed by atoms with Crippen molar-refractivity contribution in [2.24, 2.45) is 22.7 Å². The molecule has 94 valence electrons. The summed E-state index contributed by atoms with van der Waals surface area (Å²) in [6.07, 6.45) is 7.46. The second-order valence-corrected chi connectivity index (χ2v) is 5.88. The highest BCUT2D eigenvalue weighted by Crippen LogP contribution is 2.44. The molecule has 1 fully saturated rings. The molecule has 2 aliphatic carbocycles. The van der Waals surface area contributed by atoms with E-state index < -0.39 is 0 Å². The lowest BCUT2D eigenvalue weighted by Gasteiger charge is -2.18. The van der Waals surface area contributed by atoms with Crippen molar-refractivity contribution >= 4 is 11.4 Å². The van der Waals surface area contributed by atoms with Crippen LogP contribution in [-0.4, -0.2) is 5.71 Å². The van der Waals surface area contributed by atoms with Crippen LogP contribution in [0, 0.1) is 31.6 Å². The SMILES string of the molecule is CC(=Nc1c(C)cccc1C)C1C[C@H]2C=C[C@@H]1C2. The predicted octanol–water partition coefficient (Wildman–Crippen LogP) is 4.61. The van der Waals surface area contributed by atoms with Crippen molar-refractivity contribution in [1.82, 2.24) is 0 Å². The number of aliphatic imine (C=N–C) groups is 1. The number of allylic oxidation sites excluding steroid dienone is 2. The molecule has 1 saturated carbocycles. The normalized spacial score (nSPS) is 30.2. The number of nitrogens with zero attached hydrogens (tertiary/aromatic N) is 1. The monoisotopic (exact) mass is 239 g/mol. The van der Waals surface area contributed by atoms with Crippen molar-refractivity contribution in [2.75, 3.05) is 0 Å². The Morgan fingerprint density at radius 2 is 1.83 bits per heavy atom. The third kappa shape index (κ3) is 1.92. The van der Waals surface area contributed by atoms with Crippen LogP contribution in [0.2, 0.25) is 0 Å². The Morgan fingerprint density at radius 1 is 1.11 bits per heavy atom. The Kier molecular flexibility index (Phi) is 2.85. The van der Waals surface area contributed by atoms with E-state index >= 15 is 0 Å². The van der Waals surface area contributed by atoms with Crippen molar-refractivity contribution in [3.8, 4) is 0 Å². The van der Waals surface area contributed by atoms with E-state index in [1.807, 2.05) is 0 Å². The van der Waals surface area contributed by atoms with Crippen LogP contribution >= 0.6 is 0 Å². The Morgan fingerprint density at radius 3 is 2.39 bits per heavy atom. The molecular weight excluding hydrogens is 218 g/mol. The van der Waals surface area contributed by atoms with Gasteiger partial charge in [-0.25, -0.2) is 0 Å². The average molecular weight is 239 g/mol. The zero-order valence-electron chi connectivity index (χ0n) is 11.5.